The molecule has 1 aliphatic carbocycles. The van der Waals surface area contributed by atoms with E-state index < -0.39 is 0 Å². The van der Waals surface area contributed by atoms with Crippen LogP contribution in [0.1, 0.15) is 59.8 Å². The number of carbonyl (C=O) groups is 1. The molecular formula is C14H27NO2. The van der Waals surface area contributed by atoms with Crippen molar-refractivity contribution < 1.29 is 9.53 Å². The Bertz CT molecular complexity index is 245. The smallest absolute Gasteiger partial charge is 0.320 e. The Balaban J connectivity index is 2.23. The van der Waals surface area contributed by atoms with Gasteiger partial charge in [0.25, 0.3) is 0 Å². The van der Waals surface area contributed by atoms with Crippen molar-refractivity contribution in [1.82, 2.24) is 5.32 Å². The third-order valence-electron chi connectivity index (χ3n) is 3.21. The third-order valence-corrected chi connectivity index (χ3v) is 3.21. The summed E-state index contributed by atoms with van der Waals surface area (Å²) in [6, 6.07) is 0.493. The fourth-order valence-electron chi connectivity index (χ4n) is 2.30. The van der Waals surface area contributed by atoms with Crippen LogP contribution in [-0.4, -0.2) is 24.2 Å². The molecule has 0 amide bonds. The van der Waals surface area contributed by atoms with Crippen molar-refractivity contribution in [3.05, 3.63) is 0 Å². The van der Waals surface area contributed by atoms with E-state index in [-0.39, 0.29) is 11.6 Å². The van der Waals surface area contributed by atoms with Gasteiger partial charge in [-0.2, -0.15) is 0 Å². The number of carbonyl (C=O) groups excluding carboxylic acids is 1. The second-order valence-electron chi connectivity index (χ2n) is 6.28. The first-order chi connectivity index (χ1) is 7.87. The molecule has 0 aromatic carbocycles. The molecule has 1 fully saturated rings. The van der Waals surface area contributed by atoms with E-state index in [0.717, 1.165) is 5.92 Å². The van der Waals surface area contributed by atoms with Gasteiger partial charge in [0, 0.05) is 6.04 Å². The molecule has 0 radical (unpaired) electrons. The van der Waals surface area contributed by atoms with Crippen LogP contribution in [0.25, 0.3) is 0 Å². The van der Waals surface area contributed by atoms with Gasteiger partial charge in [-0.3, -0.25) is 4.79 Å². The fourth-order valence-corrected chi connectivity index (χ4v) is 2.30. The zero-order chi connectivity index (χ0) is 12.9. The Morgan fingerprint density at radius 3 is 2.59 bits per heavy atom. The second-order valence-corrected chi connectivity index (χ2v) is 6.28. The highest BCUT2D eigenvalue weighted by Gasteiger charge is 2.19. The summed E-state index contributed by atoms with van der Waals surface area (Å²) in [7, 11) is 0. The van der Waals surface area contributed by atoms with Crippen LogP contribution in [0.3, 0.4) is 0 Å². The van der Waals surface area contributed by atoms with E-state index >= 15 is 0 Å². The van der Waals surface area contributed by atoms with E-state index in [1.807, 2.05) is 20.8 Å². The summed E-state index contributed by atoms with van der Waals surface area (Å²) >= 11 is 0. The lowest BCUT2D eigenvalue weighted by atomic mass is 10.0. The molecule has 100 valence electrons. The first kappa shape index (κ1) is 14.5. The molecule has 1 aliphatic rings. The highest BCUT2D eigenvalue weighted by Crippen LogP contribution is 2.22. The highest BCUT2D eigenvalue weighted by atomic mass is 16.6. The zero-order valence-electron chi connectivity index (χ0n) is 11.7. The average Bonchev–Trinajstić information content (AvgIpc) is 2.37. The van der Waals surface area contributed by atoms with Crippen molar-refractivity contribution in [2.24, 2.45) is 5.92 Å². The number of ether oxygens (including phenoxy) is 1. The van der Waals surface area contributed by atoms with Gasteiger partial charge in [-0.25, -0.2) is 0 Å². The number of rotatable bonds is 3. The maximum Gasteiger partial charge on any atom is 0.320 e. The van der Waals surface area contributed by atoms with Gasteiger partial charge in [0.15, 0.2) is 0 Å². The van der Waals surface area contributed by atoms with E-state index in [1.54, 1.807) is 0 Å². The summed E-state index contributed by atoms with van der Waals surface area (Å²) in [5.41, 5.74) is -0.378. The largest absolute Gasteiger partial charge is 0.459 e. The van der Waals surface area contributed by atoms with Crippen LogP contribution in [0.2, 0.25) is 0 Å². The van der Waals surface area contributed by atoms with Crippen LogP contribution in [0.4, 0.5) is 0 Å². The first-order valence-electron chi connectivity index (χ1n) is 6.82. The van der Waals surface area contributed by atoms with Gasteiger partial charge in [0.1, 0.15) is 5.60 Å². The SMILES string of the molecule is CC1CCCC(NCC(=O)OC(C)(C)C)CC1. The maximum atomic E-state index is 11.6. The molecule has 0 saturated heterocycles. The number of nitrogens with one attached hydrogen (secondary N) is 1. The van der Waals surface area contributed by atoms with Crippen molar-refractivity contribution in [1.29, 1.82) is 0 Å². The van der Waals surface area contributed by atoms with E-state index in [2.05, 4.69) is 12.2 Å². The van der Waals surface area contributed by atoms with Crippen LogP contribution >= 0.6 is 0 Å². The summed E-state index contributed by atoms with van der Waals surface area (Å²) in [4.78, 5) is 11.6. The van der Waals surface area contributed by atoms with Gasteiger partial charge in [-0.1, -0.05) is 19.8 Å². The van der Waals surface area contributed by atoms with Crippen LogP contribution < -0.4 is 5.32 Å². The van der Waals surface area contributed by atoms with Crippen LogP contribution in [0.15, 0.2) is 0 Å². The summed E-state index contributed by atoms with van der Waals surface area (Å²) in [6.07, 6.45) is 6.24. The molecule has 0 aliphatic heterocycles. The zero-order valence-corrected chi connectivity index (χ0v) is 11.7. The lowest BCUT2D eigenvalue weighted by Crippen LogP contribution is -2.37. The molecule has 0 aromatic heterocycles. The quantitative estimate of drug-likeness (QED) is 0.610. The molecule has 1 saturated carbocycles. The fraction of sp³-hybridized carbons (Fsp3) is 0.929. The van der Waals surface area contributed by atoms with Crippen LogP contribution in [0, 0.1) is 5.92 Å². The average molecular weight is 241 g/mol. The molecule has 2 unspecified atom stereocenters. The van der Waals surface area contributed by atoms with Crippen LogP contribution in [0.5, 0.6) is 0 Å². The lowest BCUT2D eigenvalue weighted by Gasteiger charge is -2.21. The van der Waals surface area contributed by atoms with Gasteiger partial charge < -0.3 is 10.1 Å². The number of hydrogen-bond donors (Lipinski definition) is 1. The highest BCUT2D eigenvalue weighted by molar-refractivity contribution is 5.72. The van der Waals surface area contributed by atoms with E-state index in [0.29, 0.717) is 12.6 Å². The van der Waals surface area contributed by atoms with E-state index in [1.165, 1.54) is 32.1 Å². The number of esters is 1. The Morgan fingerprint density at radius 2 is 1.94 bits per heavy atom. The molecule has 0 spiro atoms. The molecule has 1 N–H and O–H groups in total. The summed E-state index contributed by atoms with van der Waals surface area (Å²) in [5.74, 6) is 0.693. The minimum Gasteiger partial charge on any atom is -0.459 e. The minimum absolute atomic E-state index is 0.144. The first-order valence-corrected chi connectivity index (χ1v) is 6.82. The van der Waals surface area contributed by atoms with Crippen molar-refractivity contribution >= 4 is 5.97 Å². The van der Waals surface area contributed by atoms with Crippen molar-refractivity contribution in [2.45, 2.75) is 71.4 Å². The summed E-state index contributed by atoms with van der Waals surface area (Å²) in [6.45, 7) is 8.36. The Labute approximate surface area is 105 Å². The Kier molecular flexibility index (Phi) is 5.44. The van der Waals surface area contributed by atoms with Crippen molar-refractivity contribution in [2.75, 3.05) is 6.54 Å². The molecule has 0 bridgehead atoms. The molecule has 0 heterocycles. The maximum absolute atomic E-state index is 11.6. The van der Waals surface area contributed by atoms with Crippen molar-refractivity contribution in [3.8, 4) is 0 Å². The molecule has 2 atom stereocenters. The summed E-state index contributed by atoms with van der Waals surface area (Å²) in [5, 5.41) is 3.33. The van der Waals surface area contributed by atoms with Gasteiger partial charge in [-0.05, 0) is 46.0 Å². The predicted octanol–water partition coefficient (Wildman–Crippen LogP) is 2.89. The normalized spacial score (nSPS) is 26.4. The molecule has 3 heteroatoms. The minimum atomic E-state index is -0.378. The third kappa shape index (κ3) is 6.67. The summed E-state index contributed by atoms with van der Waals surface area (Å²) < 4.78 is 5.28. The Hall–Kier alpha value is -0.570. The number of hydrogen-bond acceptors (Lipinski definition) is 3. The molecule has 3 nitrogen and oxygen atoms in total. The predicted molar refractivity (Wildman–Crippen MR) is 69.9 cm³/mol. The van der Waals surface area contributed by atoms with E-state index in [4.69, 9.17) is 4.74 Å². The molecule has 17 heavy (non-hydrogen) atoms. The lowest BCUT2D eigenvalue weighted by molar-refractivity contribution is -0.153. The standard InChI is InChI=1S/C14H27NO2/c1-11-6-5-7-12(9-8-11)15-10-13(16)17-14(2,3)4/h11-12,15H,5-10H2,1-4H3. The van der Waals surface area contributed by atoms with Gasteiger partial charge in [-0.15, -0.1) is 0 Å². The van der Waals surface area contributed by atoms with Gasteiger partial charge >= 0.3 is 5.97 Å². The second kappa shape index (κ2) is 6.39. The molecule has 0 aromatic rings. The monoisotopic (exact) mass is 241 g/mol. The van der Waals surface area contributed by atoms with Gasteiger partial charge in [0.2, 0.25) is 0 Å². The molecule has 1 rings (SSSR count). The molecular weight excluding hydrogens is 214 g/mol. The van der Waals surface area contributed by atoms with Crippen molar-refractivity contribution in [3.63, 3.8) is 0 Å². The Morgan fingerprint density at radius 1 is 1.24 bits per heavy atom. The van der Waals surface area contributed by atoms with Gasteiger partial charge in [0.05, 0.1) is 6.54 Å². The van der Waals surface area contributed by atoms with Crippen LogP contribution in [-0.2, 0) is 9.53 Å². The van der Waals surface area contributed by atoms with E-state index in [9.17, 15) is 4.79 Å². The topological polar surface area (TPSA) is 38.3 Å².